The molecule has 0 spiro atoms. The van der Waals surface area contributed by atoms with Crippen LogP contribution in [0.3, 0.4) is 0 Å². The predicted molar refractivity (Wildman–Crippen MR) is 94.0 cm³/mol. The summed E-state index contributed by atoms with van der Waals surface area (Å²) in [4.78, 5) is 27.0. The van der Waals surface area contributed by atoms with Gasteiger partial charge in [0.05, 0.1) is 23.2 Å². The number of hydrogen-bond acceptors (Lipinski definition) is 4. The number of aromatic amines is 1. The lowest BCUT2D eigenvalue weighted by atomic mass is 10.2. The molecule has 1 N–H and O–H groups in total. The molecule has 0 radical (unpaired) electrons. The summed E-state index contributed by atoms with van der Waals surface area (Å²) in [7, 11) is 0. The van der Waals surface area contributed by atoms with E-state index in [0.29, 0.717) is 10.9 Å². The second-order valence-corrected chi connectivity index (χ2v) is 5.57. The number of nitrogens with one attached hydrogen (secondary N) is 1. The molecule has 0 aliphatic rings. The lowest BCUT2D eigenvalue weighted by Gasteiger charge is -2.09. The van der Waals surface area contributed by atoms with Crippen molar-refractivity contribution in [3.8, 4) is 5.75 Å². The van der Waals surface area contributed by atoms with Crippen molar-refractivity contribution in [2.75, 3.05) is 0 Å². The van der Waals surface area contributed by atoms with E-state index in [2.05, 4.69) is 10.1 Å². The van der Waals surface area contributed by atoms with Gasteiger partial charge in [-0.1, -0.05) is 12.1 Å². The number of H-pyrrole nitrogens is 1. The first-order valence-corrected chi connectivity index (χ1v) is 7.60. The first-order chi connectivity index (χ1) is 11.5. The van der Waals surface area contributed by atoms with Crippen molar-refractivity contribution < 1.29 is 4.74 Å². The molecule has 0 saturated heterocycles. The van der Waals surface area contributed by atoms with Gasteiger partial charge < -0.3 is 9.72 Å². The molecule has 0 saturated carbocycles. The normalized spacial score (nSPS) is 11.5. The third-order valence-electron chi connectivity index (χ3n) is 3.36. The van der Waals surface area contributed by atoms with Crippen molar-refractivity contribution in [3.63, 3.8) is 0 Å². The molecule has 3 aromatic rings. The first kappa shape index (κ1) is 15.7. The number of ether oxygens (including phenoxy) is 1. The van der Waals surface area contributed by atoms with E-state index in [1.54, 1.807) is 24.3 Å². The maximum absolute atomic E-state index is 12.4. The average molecular weight is 323 g/mol. The quantitative estimate of drug-likeness (QED) is 0.749. The molecular formula is C18H17N3O3. The van der Waals surface area contributed by atoms with Crippen LogP contribution in [0.4, 0.5) is 0 Å². The summed E-state index contributed by atoms with van der Waals surface area (Å²) in [5.41, 5.74) is 0.222. The van der Waals surface area contributed by atoms with Crippen LogP contribution < -0.4 is 16.0 Å². The van der Waals surface area contributed by atoms with Gasteiger partial charge in [0.15, 0.2) is 0 Å². The molecule has 0 unspecified atom stereocenters. The Hall–Kier alpha value is -3.15. The summed E-state index contributed by atoms with van der Waals surface area (Å²) in [6, 6.07) is 14.1. The van der Waals surface area contributed by atoms with Gasteiger partial charge in [-0.25, -0.2) is 4.79 Å². The van der Waals surface area contributed by atoms with Gasteiger partial charge in [-0.3, -0.25) is 4.79 Å². The number of hydrogen-bond donors (Lipinski definition) is 1. The Labute approximate surface area is 138 Å². The molecule has 122 valence electrons. The maximum atomic E-state index is 12.4. The van der Waals surface area contributed by atoms with Gasteiger partial charge in [0, 0.05) is 0 Å². The van der Waals surface area contributed by atoms with E-state index < -0.39 is 11.2 Å². The van der Waals surface area contributed by atoms with Gasteiger partial charge in [-0.15, -0.1) is 4.68 Å². The van der Waals surface area contributed by atoms with Crippen LogP contribution in [0.25, 0.3) is 10.9 Å². The third kappa shape index (κ3) is 3.27. The molecule has 24 heavy (non-hydrogen) atoms. The van der Waals surface area contributed by atoms with E-state index in [1.165, 1.54) is 6.21 Å². The third-order valence-corrected chi connectivity index (χ3v) is 3.36. The van der Waals surface area contributed by atoms with Crippen molar-refractivity contribution in [1.29, 1.82) is 0 Å². The van der Waals surface area contributed by atoms with E-state index in [0.717, 1.165) is 16.0 Å². The number of para-hydroxylation sites is 1. The van der Waals surface area contributed by atoms with Crippen LogP contribution in [0, 0.1) is 0 Å². The largest absolute Gasteiger partial charge is 0.491 e. The van der Waals surface area contributed by atoms with Crippen LogP contribution in [-0.4, -0.2) is 22.0 Å². The summed E-state index contributed by atoms with van der Waals surface area (Å²) < 4.78 is 6.38. The molecular weight excluding hydrogens is 306 g/mol. The fourth-order valence-corrected chi connectivity index (χ4v) is 2.29. The van der Waals surface area contributed by atoms with Crippen LogP contribution >= 0.6 is 0 Å². The molecule has 0 fully saturated rings. The van der Waals surface area contributed by atoms with Crippen LogP contribution in [0.15, 0.2) is 63.2 Å². The van der Waals surface area contributed by atoms with Crippen LogP contribution in [0.1, 0.15) is 19.4 Å². The second-order valence-electron chi connectivity index (χ2n) is 5.57. The van der Waals surface area contributed by atoms with Crippen LogP contribution in [0.5, 0.6) is 5.75 Å². The van der Waals surface area contributed by atoms with Crippen molar-refractivity contribution in [2.45, 2.75) is 20.0 Å². The molecule has 3 rings (SSSR count). The molecule has 2 aromatic carbocycles. The van der Waals surface area contributed by atoms with E-state index in [4.69, 9.17) is 4.74 Å². The van der Waals surface area contributed by atoms with Crippen LogP contribution in [-0.2, 0) is 0 Å². The molecule has 0 aliphatic heterocycles. The van der Waals surface area contributed by atoms with Gasteiger partial charge in [0.1, 0.15) is 5.75 Å². The summed E-state index contributed by atoms with van der Waals surface area (Å²) >= 11 is 0. The van der Waals surface area contributed by atoms with Crippen molar-refractivity contribution in [2.24, 2.45) is 5.10 Å². The monoisotopic (exact) mass is 323 g/mol. The summed E-state index contributed by atoms with van der Waals surface area (Å²) in [5, 5.41) is 4.42. The zero-order chi connectivity index (χ0) is 17.1. The Morgan fingerprint density at radius 2 is 1.79 bits per heavy atom. The van der Waals surface area contributed by atoms with Crippen molar-refractivity contribution in [3.05, 3.63) is 74.9 Å². The zero-order valence-corrected chi connectivity index (χ0v) is 13.4. The Kier molecular flexibility index (Phi) is 4.29. The highest BCUT2D eigenvalue weighted by Crippen LogP contribution is 2.12. The Morgan fingerprint density at radius 3 is 2.50 bits per heavy atom. The highest BCUT2D eigenvalue weighted by molar-refractivity contribution is 5.80. The van der Waals surface area contributed by atoms with Crippen LogP contribution in [0.2, 0.25) is 0 Å². The SMILES string of the molecule is CC(C)Oc1ccc(C=Nn2c(=O)[nH]c3ccccc3c2=O)cc1. The van der Waals surface area contributed by atoms with E-state index in [1.807, 2.05) is 38.1 Å². The maximum Gasteiger partial charge on any atom is 0.349 e. The molecule has 0 amide bonds. The zero-order valence-electron chi connectivity index (χ0n) is 13.4. The number of benzene rings is 2. The fraction of sp³-hybridized carbons (Fsp3) is 0.167. The van der Waals surface area contributed by atoms with Gasteiger partial charge in [0.2, 0.25) is 0 Å². The van der Waals surface area contributed by atoms with Gasteiger partial charge >= 0.3 is 5.69 Å². The molecule has 1 heterocycles. The van der Waals surface area contributed by atoms with E-state index >= 15 is 0 Å². The first-order valence-electron chi connectivity index (χ1n) is 7.60. The Bertz CT molecular complexity index is 998. The van der Waals surface area contributed by atoms with Gasteiger partial charge in [-0.2, -0.15) is 5.10 Å². The number of nitrogens with zero attached hydrogens (tertiary/aromatic N) is 2. The highest BCUT2D eigenvalue weighted by Gasteiger charge is 2.05. The van der Waals surface area contributed by atoms with E-state index in [9.17, 15) is 9.59 Å². The van der Waals surface area contributed by atoms with Crippen molar-refractivity contribution >= 4 is 17.1 Å². The molecule has 6 nitrogen and oxygen atoms in total. The molecule has 0 aliphatic carbocycles. The number of aromatic nitrogens is 2. The average Bonchev–Trinajstić information content (AvgIpc) is 2.55. The second kappa shape index (κ2) is 6.54. The molecule has 6 heteroatoms. The predicted octanol–water partition coefficient (Wildman–Crippen LogP) is 2.36. The van der Waals surface area contributed by atoms with Gasteiger partial charge in [0.25, 0.3) is 5.56 Å². The summed E-state index contributed by atoms with van der Waals surface area (Å²) in [5.74, 6) is 0.753. The molecule has 0 atom stereocenters. The van der Waals surface area contributed by atoms with Crippen molar-refractivity contribution in [1.82, 2.24) is 9.66 Å². The topological polar surface area (TPSA) is 76.5 Å². The summed E-state index contributed by atoms with van der Waals surface area (Å²) in [6.45, 7) is 3.90. The fourth-order valence-electron chi connectivity index (χ4n) is 2.29. The number of rotatable bonds is 4. The molecule has 1 aromatic heterocycles. The Balaban J connectivity index is 1.93. The Morgan fingerprint density at radius 1 is 1.08 bits per heavy atom. The number of fused-ring (bicyclic) bond motifs is 1. The smallest absolute Gasteiger partial charge is 0.349 e. The van der Waals surface area contributed by atoms with Gasteiger partial charge in [-0.05, 0) is 55.8 Å². The standard InChI is InChI=1S/C18H17N3O3/c1-12(2)24-14-9-7-13(8-10-14)11-19-21-17(22)15-5-3-4-6-16(15)20-18(21)23/h3-12H,1-2H3,(H,20,23). The lowest BCUT2D eigenvalue weighted by Crippen LogP contribution is -2.32. The minimum Gasteiger partial charge on any atom is -0.491 e. The minimum absolute atomic E-state index is 0.0965. The highest BCUT2D eigenvalue weighted by atomic mass is 16.5. The summed E-state index contributed by atoms with van der Waals surface area (Å²) in [6.07, 6.45) is 1.56. The lowest BCUT2D eigenvalue weighted by molar-refractivity contribution is 0.242. The van der Waals surface area contributed by atoms with E-state index in [-0.39, 0.29) is 6.10 Å². The molecule has 0 bridgehead atoms. The minimum atomic E-state index is -0.574.